The number of hydrogen-bond donors (Lipinski definition) is 0. The quantitative estimate of drug-likeness (QED) is 0.859. The molecule has 0 radical (unpaired) electrons. The molecule has 8 heteroatoms. The Balaban J connectivity index is 2.36. The Hall–Kier alpha value is -1.41. The second kappa shape index (κ2) is 5.53. The van der Waals surface area contributed by atoms with Crippen molar-refractivity contribution in [2.24, 2.45) is 0 Å². The molecule has 2 aromatic carbocycles. The third-order valence-corrected chi connectivity index (χ3v) is 5.70. The fourth-order valence-corrected chi connectivity index (χ4v) is 4.04. The largest absolute Gasteiger partial charge is 0.311 e. The molecule has 0 aliphatic rings. The first kappa shape index (κ1) is 15.0. The zero-order valence-electron chi connectivity index (χ0n) is 9.93. The molecule has 20 heavy (non-hydrogen) atoms. The van der Waals surface area contributed by atoms with E-state index in [0.29, 0.717) is 5.02 Å². The summed E-state index contributed by atoms with van der Waals surface area (Å²) in [6, 6.07) is 12.0. The molecule has 0 atom stereocenters. The summed E-state index contributed by atoms with van der Waals surface area (Å²) in [6.45, 7) is 0. The molecule has 0 amide bonds. The van der Waals surface area contributed by atoms with Gasteiger partial charge in [-0.3, -0.25) is 0 Å². The SMILES string of the molecule is O=S(=O)(OS(=O)(=O)c1ccc(Cl)cc1)c1ccccc1. The second-order valence-corrected chi connectivity index (χ2v) is 7.48. The minimum Gasteiger partial charge on any atom is -0.193 e. The molecule has 5 nitrogen and oxygen atoms in total. The van der Waals surface area contributed by atoms with E-state index in [-0.39, 0.29) is 9.79 Å². The lowest BCUT2D eigenvalue weighted by Gasteiger charge is -2.06. The van der Waals surface area contributed by atoms with E-state index in [2.05, 4.69) is 3.63 Å². The lowest BCUT2D eigenvalue weighted by Crippen LogP contribution is -2.14. The van der Waals surface area contributed by atoms with Gasteiger partial charge in [0.05, 0.1) is 9.79 Å². The summed E-state index contributed by atoms with van der Waals surface area (Å²) in [6.07, 6.45) is 0. The van der Waals surface area contributed by atoms with Gasteiger partial charge in [-0.1, -0.05) is 29.8 Å². The Bertz CT molecular complexity index is 797. The fourth-order valence-electron chi connectivity index (χ4n) is 1.38. The summed E-state index contributed by atoms with van der Waals surface area (Å²) < 4.78 is 51.8. The zero-order chi connectivity index (χ0) is 14.8. The molecule has 0 aliphatic heterocycles. The maximum absolute atomic E-state index is 11.9. The van der Waals surface area contributed by atoms with Crippen molar-refractivity contribution in [3.05, 3.63) is 59.6 Å². The fraction of sp³-hybridized carbons (Fsp3) is 0. The van der Waals surface area contributed by atoms with Crippen molar-refractivity contribution >= 4 is 31.8 Å². The van der Waals surface area contributed by atoms with Gasteiger partial charge in [0.25, 0.3) is 0 Å². The standard InChI is InChI=1S/C12H9ClO5S2/c13-10-6-8-12(9-7-10)20(16,17)18-19(14,15)11-4-2-1-3-5-11/h1-9H. The maximum atomic E-state index is 11.9. The predicted molar refractivity (Wildman–Crippen MR) is 73.4 cm³/mol. The summed E-state index contributed by atoms with van der Waals surface area (Å²) >= 11 is 5.64. The van der Waals surface area contributed by atoms with Gasteiger partial charge in [0, 0.05) is 5.02 Å². The van der Waals surface area contributed by atoms with E-state index in [1.165, 1.54) is 36.4 Å². The average molecular weight is 333 g/mol. The Kier molecular flexibility index (Phi) is 4.14. The lowest BCUT2D eigenvalue weighted by atomic mass is 10.4. The monoisotopic (exact) mass is 332 g/mol. The Morgan fingerprint density at radius 2 is 1.15 bits per heavy atom. The third kappa shape index (κ3) is 3.37. The van der Waals surface area contributed by atoms with Gasteiger partial charge in [-0.25, -0.2) is 0 Å². The topological polar surface area (TPSA) is 77.5 Å². The van der Waals surface area contributed by atoms with Gasteiger partial charge in [-0.15, -0.1) is 3.63 Å². The van der Waals surface area contributed by atoms with E-state index in [9.17, 15) is 16.8 Å². The van der Waals surface area contributed by atoms with Crippen LogP contribution in [0.15, 0.2) is 64.4 Å². The normalized spacial score (nSPS) is 12.2. The maximum Gasteiger partial charge on any atom is 0.311 e. The van der Waals surface area contributed by atoms with Crippen LogP contribution < -0.4 is 0 Å². The molecule has 0 saturated heterocycles. The number of benzene rings is 2. The van der Waals surface area contributed by atoms with Crippen LogP contribution in [0.2, 0.25) is 5.02 Å². The van der Waals surface area contributed by atoms with Crippen molar-refractivity contribution in [1.29, 1.82) is 0 Å². The van der Waals surface area contributed by atoms with Gasteiger partial charge < -0.3 is 0 Å². The molecule has 0 N–H and O–H groups in total. The first-order valence-corrected chi connectivity index (χ1v) is 8.52. The smallest absolute Gasteiger partial charge is 0.193 e. The molecule has 0 bridgehead atoms. The van der Waals surface area contributed by atoms with E-state index in [1.807, 2.05) is 0 Å². The Morgan fingerprint density at radius 1 is 0.700 bits per heavy atom. The predicted octanol–water partition coefficient (Wildman–Crippen LogP) is 2.43. The van der Waals surface area contributed by atoms with Crippen LogP contribution in [0, 0.1) is 0 Å². The van der Waals surface area contributed by atoms with Gasteiger partial charge in [-0.2, -0.15) is 16.8 Å². The second-order valence-electron chi connectivity index (χ2n) is 3.74. The minimum atomic E-state index is -4.43. The number of halogens is 1. The van der Waals surface area contributed by atoms with E-state index in [0.717, 1.165) is 12.1 Å². The van der Waals surface area contributed by atoms with Crippen molar-refractivity contribution < 1.29 is 20.5 Å². The van der Waals surface area contributed by atoms with Crippen LogP contribution in [-0.2, 0) is 23.9 Å². The molecule has 0 aromatic heterocycles. The highest BCUT2D eigenvalue weighted by Crippen LogP contribution is 2.21. The molecule has 0 spiro atoms. The van der Waals surface area contributed by atoms with E-state index in [4.69, 9.17) is 11.6 Å². The van der Waals surface area contributed by atoms with Crippen LogP contribution in [0.25, 0.3) is 0 Å². The van der Waals surface area contributed by atoms with Gasteiger partial charge in [0.2, 0.25) is 0 Å². The van der Waals surface area contributed by atoms with E-state index in [1.54, 1.807) is 6.07 Å². The van der Waals surface area contributed by atoms with E-state index < -0.39 is 20.2 Å². The van der Waals surface area contributed by atoms with Crippen LogP contribution in [0.3, 0.4) is 0 Å². The van der Waals surface area contributed by atoms with Crippen molar-refractivity contribution in [3.63, 3.8) is 0 Å². The molecule has 0 aliphatic carbocycles. The summed E-state index contributed by atoms with van der Waals surface area (Å²) in [7, 11) is -8.83. The first-order chi connectivity index (χ1) is 9.31. The summed E-state index contributed by atoms with van der Waals surface area (Å²) in [4.78, 5) is -0.529. The number of hydrogen-bond acceptors (Lipinski definition) is 5. The first-order valence-electron chi connectivity index (χ1n) is 5.33. The Labute approximate surface area is 122 Å². The lowest BCUT2D eigenvalue weighted by molar-refractivity contribution is 0.462. The van der Waals surface area contributed by atoms with Crippen molar-refractivity contribution in [1.82, 2.24) is 0 Å². The van der Waals surface area contributed by atoms with Crippen molar-refractivity contribution in [2.45, 2.75) is 9.79 Å². The minimum absolute atomic E-state index is 0.238. The van der Waals surface area contributed by atoms with Crippen LogP contribution in [-0.4, -0.2) is 16.8 Å². The molecule has 2 aromatic rings. The van der Waals surface area contributed by atoms with Crippen LogP contribution in [0.1, 0.15) is 0 Å². The summed E-state index contributed by atoms with van der Waals surface area (Å²) in [5.41, 5.74) is 0. The molecular weight excluding hydrogens is 324 g/mol. The van der Waals surface area contributed by atoms with Gasteiger partial charge in [-0.05, 0) is 36.4 Å². The van der Waals surface area contributed by atoms with Crippen LogP contribution in [0.4, 0.5) is 0 Å². The highest BCUT2D eigenvalue weighted by atomic mass is 35.5. The number of rotatable bonds is 4. The average Bonchev–Trinajstić information content (AvgIpc) is 2.39. The van der Waals surface area contributed by atoms with Crippen LogP contribution in [0.5, 0.6) is 0 Å². The van der Waals surface area contributed by atoms with Gasteiger partial charge in [0.15, 0.2) is 0 Å². The molecule has 0 unspecified atom stereocenters. The molecule has 0 heterocycles. The summed E-state index contributed by atoms with van der Waals surface area (Å²) in [5, 5.41) is 0.329. The molecule has 2 rings (SSSR count). The molecule has 106 valence electrons. The van der Waals surface area contributed by atoms with Crippen molar-refractivity contribution in [3.8, 4) is 0 Å². The van der Waals surface area contributed by atoms with Gasteiger partial charge >= 0.3 is 20.2 Å². The van der Waals surface area contributed by atoms with Crippen molar-refractivity contribution in [2.75, 3.05) is 0 Å². The van der Waals surface area contributed by atoms with Gasteiger partial charge in [0.1, 0.15) is 0 Å². The third-order valence-electron chi connectivity index (χ3n) is 2.31. The summed E-state index contributed by atoms with van der Waals surface area (Å²) in [5.74, 6) is 0. The van der Waals surface area contributed by atoms with E-state index >= 15 is 0 Å². The van der Waals surface area contributed by atoms with Crippen LogP contribution >= 0.6 is 11.6 Å². The molecule has 0 saturated carbocycles. The molecule has 0 fully saturated rings. The Morgan fingerprint density at radius 3 is 1.65 bits per heavy atom. The highest BCUT2D eigenvalue weighted by Gasteiger charge is 2.26. The zero-order valence-corrected chi connectivity index (χ0v) is 12.3. The highest BCUT2D eigenvalue weighted by molar-refractivity contribution is 7.99. The molecular formula is C12H9ClO5S2.